The van der Waals surface area contributed by atoms with Crippen LogP contribution in [0.25, 0.3) is 6.08 Å². The Balaban J connectivity index is 3.44. The van der Waals surface area contributed by atoms with Crippen molar-refractivity contribution in [3.63, 3.8) is 0 Å². The lowest BCUT2D eigenvalue weighted by Gasteiger charge is -2.08. The minimum Gasteiger partial charge on any atom is -0.308 e. The number of hydrogen-bond acceptors (Lipinski definition) is 4. The van der Waals surface area contributed by atoms with Crippen LogP contribution < -0.4 is 5.32 Å². The van der Waals surface area contributed by atoms with Crippen molar-refractivity contribution < 1.29 is 18.8 Å². The van der Waals surface area contributed by atoms with E-state index in [-0.39, 0.29) is 22.0 Å². The van der Waals surface area contributed by atoms with E-state index in [1.807, 2.05) is 0 Å². The fourth-order valence-corrected chi connectivity index (χ4v) is 1.65. The quantitative estimate of drug-likeness (QED) is 0.526. The predicted molar refractivity (Wildman–Crippen MR) is 72.8 cm³/mol. The molecule has 1 N–H and O–H groups in total. The van der Waals surface area contributed by atoms with E-state index in [2.05, 4.69) is 10.3 Å². The number of aromatic nitrogens is 1. The molecule has 5 nitrogen and oxygen atoms in total. The highest BCUT2D eigenvalue weighted by Crippen LogP contribution is 2.26. The lowest BCUT2D eigenvalue weighted by atomic mass is 10.0. The number of Topliss-reactive ketones (excluding diaryl/α,β-unsaturated/α-hetero) is 2. The zero-order valence-electron chi connectivity index (χ0n) is 11.1. The fraction of sp³-hybridized carbons (Fsp3) is 0.231. The Labute approximate surface area is 119 Å². The van der Waals surface area contributed by atoms with Crippen LogP contribution in [0, 0.1) is 5.82 Å². The summed E-state index contributed by atoms with van der Waals surface area (Å²) in [6, 6.07) is 0. The second-order valence-corrected chi connectivity index (χ2v) is 4.44. The number of amides is 1. The lowest BCUT2D eigenvalue weighted by molar-refractivity contribution is -0.119. The van der Waals surface area contributed by atoms with Gasteiger partial charge in [-0.05, 0) is 19.9 Å². The lowest BCUT2D eigenvalue weighted by Crippen LogP contribution is -2.11. The summed E-state index contributed by atoms with van der Waals surface area (Å²) in [6.07, 6.45) is 2.18. The Hall–Kier alpha value is -2.08. The van der Waals surface area contributed by atoms with E-state index in [0.717, 1.165) is 12.3 Å². The molecule has 0 fully saturated rings. The number of rotatable bonds is 4. The molecular formula is C13H12ClFN2O3. The molecule has 0 aliphatic heterocycles. The second kappa shape index (κ2) is 6.38. The van der Waals surface area contributed by atoms with Gasteiger partial charge in [-0.1, -0.05) is 11.6 Å². The molecule has 1 aromatic heterocycles. The van der Waals surface area contributed by atoms with Crippen molar-refractivity contribution in [3.05, 3.63) is 28.2 Å². The van der Waals surface area contributed by atoms with Crippen LogP contribution in [-0.2, 0) is 14.4 Å². The van der Waals surface area contributed by atoms with Crippen molar-refractivity contribution in [2.75, 3.05) is 5.32 Å². The van der Waals surface area contributed by atoms with Crippen LogP contribution in [0.15, 0.2) is 11.8 Å². The van der Waals surface area contributed by atoms with Gasteiger partial charge in [-0.2, -0.15) is 0 Å². The first-order chi connectivity index (χ1) is 9.23. The smallest absolute Gasteiger partial charge is 0.222 e. The maximum Gasteiger partial charge on any atom is 0.222 e. The molecule has 0 atom stereocenters. The average molecular weight is 299 g/mol. The van der Waals surface area contributed by atoms with Gasteiger partial charge >= 0.3 is 0 Å². The van der Waals surface area contributed by atoms with Crippen LogP contribution in [-0.4, -0.2) is 22.5 Å². The molecule has 0 aliphatic carbocycles. The van der Waals surface area contributed by atoms with Gasteiger partial charge in [0.25, 0.3) is 0 Å². The van der Waals surface area contributed by atoms with E-state index in [0.29, 0.717) is 0 Å². The molecule has 0 bridgehead atoms. The molecule has 106 valence electrons. The number of halogens is 2. The largest absolute Gasteiger partial charge is 0.308 e. The van der Waals surface area contributed by atoms with Gasteiger partial charge < -0.3 is 5.32 Å². The Bertz CT molecular complexity index is 610. The van der Waals surface area contributed by atoms with Gasteiger partial charge in [-0.15, -0.1) is 0 Å². The van der Waals surface area contributed by atoms with Gasteiger partial charge in [-0.25, -0.2) is 9.37 Å². The molecule has 1 amide bonds. The summed E-state index contributed by atoms with van der Waals surface area (Å²) in [5, 5.41) is 2.12. The van der Waals surface area contributed by atoms with E-state index >= 15 is 0 Å². The summed E-state index contributed by atoms with van der Waals surface area (Å²) in [4.78, 5) is 37.2. The Kier molecular flexibility index (Phi) is 5.10. The maximum atomic E-state index is 14.2. The molecule has 0 aromatic carbocycles. The molecule has 1 rings (SSSR count). The van der Waals surface area contributed by atoms with E-state index < -0.39 is 23.3 Å². The van der Waals surface area contributed by atoms with Crippen LogP contribution in [0.3, 0.4) is 0 Å². The molecule has 0 radical (unpaired) electrons. The summed E-state index contributed by atoms with van der Waals surface area (Å²) in [6.45, 7) is 3.58. The van der Waals surface area contributed by atoms with Gasteiger partial charge in [0.2, 0.25) is 5.91 Å². The Morgan fingerprint density at radius 2 is 1.80 bits per heavy atom. The molecule has 20 heavy (non-hydrogen) atoms. The highest BCUT2D eigenvalue weighted by Gasteiger charge is 2.17. The number of ketones is 2. The zero-order valence-corrected chi connectivity index (χ0v) is 11.8. The first-order valence-corrected chi connectivity index (χ1v) is 5.97. The van der Waals surface area contributed by atoms with E-state index in [1.165, 1.54) is 20.8 Å². The number of anilines is 1. The van der Waals surface area contributed by atoms with E-state index in [9.17, 15) is 18.8 Å². The van der Waals surface area contributed by atoms with Crippen molar-refractivity contribution in [3.8, 4) is 0 Å². The predicted octanol–water partition coefficient (Wildman–Crippen LogP) is 2.39. The van der Waals surface area contributed by atoms with Crippen molar-refractivity contribution in [1.82, 2.24) is 4.98 Å². The number of carbonyl (C=O) groups is 3. The van der Waals surface area contributed by atoms with Crippen LogP contribution in [0.2, 0.25) is 5.02 Å². The second-order valence-electron chi connectivity index (χ2n) is 4.03. The molecule has 1 heterocycles. The molecule has 0 aliphatic rings. The number of nitrogens with one attached hydrogen (secondary N) is 1. The van der Waals surface area contributed by atoms with Crippen molar-refractivity contribution >= 4 is 41.0 Å². The first-order valence-electron chi connectivity index (χ1n) is 5.59. The molecule has 1 aromatic rings. The van der Waals surface area contributed by atoms with Crippen molar-refractivity contribution in [2.45, 2.75) is 20.8 Å². The third-order valence-electron chi connectivity index (χ3n) is 2.35. The number of nitrogens with zero attached hydrogens (tertiary/aromatic N) is 1. The normalized spacial score (nSPS) is 9.85. The Morgan fingerprint density at radius 3 is 2.25 bits per heavy atom. The summed E-state index contributed by atoms with van der Waals surface area (Å²) in [5.41, 5.74) is -0.364. The fourth-order valence-electron chi connectivity index (χ4n) is 1.46. The van der Waals surface area contributed by atoms with Crippen LogP contribution >= 0.6 is 11.6 Å². The highest BCUT2D eigenvalue weighted by molar-refractivity contribution is 6.32. The summed E-state index contributed by atoms with van der Waals surface area (Å²) in [7, 11) is 0. The number of pyridine rings is 1. The molecule has 0 saturated heterocycles. The topological polar surface area (TPSA) is 76.1 Å². The molecule has 0 spiro atoms. The average Bonchev–Trinajstić information content (AvgIpc) is 2.31. The van der Waals surface area contributed by atoms with Crippen molar-refractivity contribution in [1.29, 1.82) is 0 Å². The van der Waals surface area contributed by atoms with Gasteiger partial charge in [0, 0.05) is 18.7 Å². The first kappa shape index (κ1) is 16.0. The summed E-state index contributed by atoms with van der Waals surface area (Å²) < 4.78 is 14.2. The molecule has 0 saturated carbocycles. The summed E-state index contributed by atoms with van der Waals surface area (Å²) in [5.74, 6) is -2.75. The highest BCUT2D eigenvalue weighted by atomic mass is 35.5. The van der Waals surface area contributed by atoms with E-state index in [4.69, 9.17) is 11.6 Å². The maximum absolute atomic E-state index is 14.2. The van der Waals surface area contributed by atoms with Gasteiger partial charge in [0.1, 0.15) is 0 Å². The number of allylic oxidation sites excluding steroid dienone is 1. The minimum absolute atomic E-state index is 0.0726. The van der Waals surface area contributed by atoms with Gasteiger partial charge in [0.15, 0.2) is 23.2 Å². The van der Waals surface area contributed by atoms with Gasteiger partial charge in [-0.3, -0.25) is 14.4 Å². The van der Waals surface area contributed by atoms with Crippen LogP contribution in [0.4, 0.5) is 10.2 Å². The third-order valence-corrected chi connectivity index (χ3v) is 2.65. The standard InChI is InChI=1S/C13H12ClFN2O3/c1-6(18)9(7(2)19)4-10-11(14)5-16-13(12(10)15)17-8(3)20/h4-5H,1-3H3,(H,16,17,20). The van der Waals surface area contributed by atoms with Crippen molar-refractivity contribution in [2.24, 2.45) is 0 Å². The third kappa shape index (κ3) is 3.71. The monoisotopic (exact) mass is 298 g/mol. The zero-order chi connectivity index (χ0) is 15.4. The molecule has 0 unspecified atom stereocenters. The van der Waals surface area contributed by atoms with Crippen LogP contribution in [0.1, 0.15) is 26.3 Å². The number of carbonyl (C=O) groups excluding carboxylic acids is 3. The van der Waals surface area contributed by atoms with Gasteiger partial charge in [0.05, 0.1) is 10.6 Å². The minimum atomic E-state index is -0.910. The van der Waals surface area contributed by atoms with E-state index in [1.54, 1.807) is 0 Å². The molecule has 7 heteroatoms. The molecular weight excluding hydrogens is 287 g/mol. The van der Waals surface area contributed by atoms with Crippen LogP contribution in [0.5, 0.6) is 0 Å². The SMILES string of the molecule is CC(=O)Nc1ncc(Cl)c(C=C(C(C)=O)C(C)=O)c1F. The Morgan fingerprint density at radius 1 is 1.25 bits per heavy atom. The number of hydrogen-bond donors (Lipinski definition) is 1. The summed E-state index contributed by atoms with van der Waals surface area (Å²) >= 11 is 5.81.